The molecule has 1 aliphatic rings. The van der Waals surface area contributed by atoms with Gasteiger partial charge in [-0.15, -0.1) is 0 Å². The van der Waals surface area contributed by atoms with Crippen LogP contribution >= 0.6 is 0 Å². The van der Waals surface area contributed by atoms with E-state index >= 15 is 0 Å². The van der Waals surface area contributed by atoms with Crippen LogP contribution in [0.2, 0.25) is 0 Å². The lowest BCUT2D eigenvalue weighted by molar-refractivity contribution is -0.130. The smallest absolute Gasteiger partial charge is 0.251 e. The van der Waals surface area contributed by atoms with E-state index in [9.17, 15) is 9.59 Å². The molecule has 34 heavy (non-hydrogen) atoms. The lowest BCUT2D eigenvalue weighted by atomic mass is 10.1. The maximum Gasteiger partial charge on any atom is 0.251 e. The van der Waals surface area contributed by atoms with Crippen molar-refractivity contribution in [1.82, 2.24) is 20.2 Å². The van der Waals surface area contributed by atoms with E-state index < -0.39 is 5.91 Å². The third-order valence-electron chi connectivity index (χ3n) is 5.66. The normalized spacial score (nSPS) is 13.6. The van der Waals surface area contributed by atoms with Gasteiger partial charge in [-0.05, 0) is 19.1 Å². The molecule has 184 valence electrons. The molecule has 0 bridgehead atoms. The number of carbonyl (C=O) groups excluding carboxylic acids is 2. The third-order valence-corrected chi connectivity index (χ3v) is 5.66. The predicted octanol–water partition coefficient (Wildman–Crippen LogP) is 2.01. The molecule has 0 saturated carbocycles. The van der Waals surface area contributed by atoms with Crippen LogP contribution in [0.25, 0.3) is 0 Å². The summed E-state index contributed by atoms with van der Waals surface area (Å²) >= 11 is 0. The van der Waals surface area contributed by atoms with Crippen LogP contribution in [0, 0.1) is 6.92 Å². The lowest BCUT2D eigenvalue weighted by Crippen LogP contribution is -2.51. The van der Waals surface area contributed by atoms with Gasteiger partial charge < -0.3 is 29.3 Å². The number of ether oxygens (including phenoxy) is 3. The van der Waals surface area contributed by atoms with Gasteiger partial charge in [0.2, 0.25) is 11.7 Å². The molecule has 1 saturated heterocycles. The van der Waals surface area contributed by atoms with Crippen LogP contribution in [0.5, 0.6) is 17.2 Å². The first-order valence-corrected chi connectivity index (χ1v) is 11.2. The molecule has 1 N–H and O–H groups in total. The van der Waals surface area contributed by atoms with Crippen LogP contribution < -0.4 is 24.4 Å². The van der Waals surface area contributed by atoms with Gasteiger partial charge in [-0.1, -0.05) is 13.8 Å². The molecular weight excluding hydrogens is 438 g/mol. The third kappa shape index (κ3) is 5.67. The Morgan fingerprint density at radius 1 is 0.971 bits per heavy atom. The molecule has 1 aromatic carbocycles. The number of hydrogen-bond acceptors (Lipinski definition) is 8. The molecule has 1 aliphatic heterocycles. The number of methoxy groups -OCH3 is 3. The fourth-order valence-corrected chi connectivity index (χ4v) is 3.76. The van der Waals surface area contributed by atoms with Crippen molar-refractivity contribution >= 4 is 17.6 Å². The second kappa shape index (κ2) is 11.0. The van der Waals surface area contributed by atoms with Crippen molar-refractivity contribution in [3.05, 3.63) is 35.3 Å². The first kappa shape index (κ1) is 25.1. The Hall–Kier alpha value is -3.56. The maximum atomic E-state index is 12.7. The highest BCUT2D eigenvalue weighted by Gasteiger charge is 2.24. The molecule has 1 fully saturated rings. The van der Waals surface area contributed by atoms with E-state index in [0.717, 1.165) is 17.3 Å². The number of carbonyl (C=O) groups is 2. The molecule has 0 radical (unpaired) electrons. The van der Waals surface area contributed by atoms with Gasteiger partial charge in [0.25, 0.3) is 5.91 Å². The van der Waals surface area contributed by atoms with Crippen LogP contribution in [0.15, 0.2) is 18.2 Å². The Kier molecular flexibility index (Phi) is 8.14. The number of benzene rings is 1. The van der Waals surface area contributed by atoms with Gasteiger partial charge >= 0.3 is 0 Å². The standard InChI is InChI=1S/C24H33N5O5/c1-15(2)23-26-16(3)11-20(27-23)28-7-9-29(10-8-28)21(30)14-25-24(31)17-12-18(32-4)22(34-6)19(13-17)33-5/h11-13,15H,7-10,14H2,1-6H3,(H,25,31). The summed E-state index contributed by atoms with van der Waals surface area (Å²) < 4.78 is 15.9. The van der Waals surface area contributed by atoms with Gasteiger partial charge in [-0.2, -0.15) is 0 Å². The van der Waals surface area contributed by atoms with E-state index in [1.54, 1.807) is 17.0 Å². The number of rotatable bonds is 8. The van der Waals surface area contributed by atoms with Crippen molar-refractivity contribution in [2.24, 2.45) is 0 Å². The Labute approximate surface area is 200 Å². The summed E-state index contributed by atoms with van der Waals surface area (Å²) in [4.78, 5) is 38.5. The van der Waals surface area contributed by atoms with Crippen molar-refractivity contribution in [1.29, 1.82) is 0 Å². The first-order chi connectivity index (χ1) is 16.3. The van der Waals surface area contributed by atoms with Crippen molar-refractivity contribution in [3.8, 4) is 17.2 Å². The van der Waals surface area contributed by atoms with Gasteiger partial charge in [0.05, 0.1) is 27.9 Å². The molecule has 2 heterocycles. The van der Waals surface area contributed by atoms with E-state index in [4.69, 9.17) is 14.2 Å². The van der Waals surface area contributed by atoms with Crippen LogP contribution in [0.4, 0.5) is 5.82 Å². The summed E-state index contributed by atoms with van der Waals surface area (Å²) in [5.41, 5.74) is 1.24. The highest BCUT2D eigenvalue weighted by molar-refractivity contribution is 5.97. The summed E-state index contributed by atoms with van der Waals surface area (Å²) in [6.45, 7) is 8.45. The quantitative estimate of drug-likeness (QED) is 0.623. The number of nitrogens with one attached hydrogen (secondary N) is 1. The second-order valence-electron chi connectivity index (χ2n) is 8.34. The largest absolute Gasteiger partial charge is 0.493 e. The Morgan fingerprint density at radius 3 is 2.12 bits per heavy atom. The van der Waals surface area contributed by atoms with Crippen LogP contribution in [-0.2, 0) is 4.79 Å². The number of anilines is 1. The van der Waals surface area contributed by atoms with Crippen LogP contribution in [0.1, 0.15) is 41.6 Å². The number of nitrogens with zero attached hydrogens (tertiary/aromatic N) is 4. The van der Waals surface area contributed by atoms with E-state index in [1.165, 1.54) is 21.3 Å². The van der Waals surface area contributed by atoms with E-state index in [0.29, 0.717) is 49.0 Å². The number of aromatic nitrogens is 2. The van der Waals surface area contributed by atoms with Gasteiger partial charge in [0.1, 0.15) is 11.6 Å². The SMILES string of the molecule is COc1cc(C(=O)NCC(=O)N2CCN(c3cc(C)nc(C(C)C)n3)CC2)cc(OC)c1OC. The molecule has 10 heteroatoms. The fraction of sp³-hybridized carbons (Fsp3) is 0.500. The van der Waals surface area contributed by atoms with Crippen molar-refractivity contribution in [3.63, 3.8) is 0 Å². The summed E-state index contributed by atoms with van der Waals surface area (Å²) in [7, 11) is 4.46. The number of amides is 2. The number of piperazine rings is 1. The molecule has 0 spiro atoms. The minimum Gasteiger partial charge on any atom is -0.493 e. The maximum absolute atomic E-state index is 12.7. The van der Waals surface area contributed by atoms with E-state index in [1.807, 2.05) is 13.0 Å². The summed E-state index contributed by atoms with van der Waals surface area (Å²) in [5, 5.41) is 2.69. The second-order valence-corrected chi connectivity index (χ2v) is 8.34. The topological polar surface area (TPSA) is 106 Å². The number of hydrogen-bond donors (Lipinski definition) is 1. The van der Waals surface area contributed by atoms with Crippen molar-refractivity contribution in [2.45, 2.75) is 26.7 Å². The zero-order valence-corrected chi connectivity index (χ0v) is 20.7. The predicted molar refractivity (Wildman–Crippen MR) is 128 cm³/mol. The van der Waals surface area contributed by atoms with Crippen molar-refractivity contribution in [2.75, 3.05) is 59.0 Å². The molecular formula is C24H33N5O5. The molecule has 2 aromatic rings. The fourth-order valence-electron chi connectivity index (χ4n) is 3.76. The molecule has 10 nitrogen and oxygen atoms in total. The minimum absolute atomic E-state index is 0.0976. The van der Waals surface area contributed by atoms with Gasteiger partial charge in [-0.25, -0.2) is 9.97 Å². The first-order valence-electron chi connectivity index (χ1n) is 11.2. The minimum atomic E-state index is -0.399. The van der Waals surface area contributed by atoms with Crippen LogP contribution in [0.3, 0.4) is 0 Å². The van der Waals surface area contributed by atoms with Crippen LogP contribution in [-0.4, -0.2) is 80.7 Å². The molecule has 2 amide bonds. The zero-order chi connectivity index (χ0) is 24.8. The summed E-state index contributed by atoms with van der Waals surface area (Å²) in [6, 6.07) is 5.07. The highest BCUT2D eigenvalue weighted by atomic mass is 16.5. The van der Waals surface area contributed by atoms with Gasteiger partial charge in [0.15, 0.2) is 11.5 Å². The average Bonchev–Trinajstić information content (AvgIpc) is 2.85. The Bertz CT molecular complexity index is 1010. The summed E-state index contributed by atoms with van der Waals surface area (Å²) in [6.07, 6.45) is 0. The summed E-state index contributed by atoms with van der Waals surface area (Å²) in [5.74, 6) is 2.56. The van der Waals surface area contributed by atoms with Gasteiger partial charge in [-0.3, -0.25) is 9.59 Å². The monoisotopic (exact) mass is 471 g/mol. The lowest BCUT2D eigenvalue weighted by Gasteiger charge is -2.35. The van der Waals surface area contributed by atoms with Gasteiger partial charge in [0, 0.05) is 49.4 Å². The van der Waals surface area contributed by atoms with E-state index in [2.05, 4.69) is 34.0 Å². The highest BCUT2D eigenvalue weighted by Crippen LogP contribution is 2.38. The molecule has 3 rings (SSSR count). The molecule has 1 aromatic heterocycles. The van der Waals surface area contributed by atoms with E-state index in [-0.39, 0.29) is 18.4 Å². The Morgan fingerprint density at radius 2 is 1.59 bits per heavy atom. The zero-order valence-electron chi connectivity index (χ0n) is 20.7. The molecule has 0 unspecified atom stereocenters. The Balaban J connectivity index is 1.57. The molecule has 0 atom stereocenters. The van der Waals surface area contributed by atoms with Crippen molar-refractivity contribution < 1.29 is 23.8 Å². The average molecular weight is 472 g/mol. The molecule has 0 aliphatic carbocycles. The number of aryl methyl sites for hydroxylation is 1.